The average molecular weight is 288 g/mol. The van der Waals surface area contributed by atoms with Gasteiger partial charge in [-0.1, -0.05) is 13.8 Å². The van der Waals surface area contributed by atoms with E-state index < -0.39 is 0 Å². The average Bonchev–Trinajstić information content (AvgIpc) is 2.14. The Morgan fingerprint density at radius 3 is 2.62 bits per heavy atom. The second-order valence-corrected chi connectivity index (χ2v) is 5.09. The highest BCUT2D eigenvalue weighted by atomic mass is 79.9. The van der Waals surface area contributed by atoms with E-state index in [0.717, 1.165) is 16.8 Å². The second-order valence-electron chi connectivity index (χ2n) is 4.28. The summed E-state index contributed by atoms with van der Waals surface area (Å²) < 4.78 is 0.753. The normalized spacial score (nSPS) is 12.9. The fraction of sp³-hybridized carbons (Fsp3) is 0.636. The summed E-state index contributed by atoms with van der Waals surface area (Å²) in [6, 6.07) is 1.86. The first-order valence-electron chi connectivity index (χ1n) is 5.40. The molecular weight excluding hydrogens is 270 g/mol. The van der Waals surface area contributed by atoms with E-state index in [9.17, 15) is 5.11 Å². The first-order valence-corrected chi connectivity index (χ1v) is 6.19. The van der Waals surface area contributed by atoms with Crippen LogP contribution in [0.15, 0.2) is 10.7 Å². The minimum absolute atomic E-state index is 0.0428. The molecule has 4 nitrogen and oxygen atoms in total. The van der Waals surface area contributed by atoms with Gasteiger partial charge in [-0.2, -0.15) is 0 Å². The van der Waals surface area contributed by atoms with Crippen LogP contribution >= 0.6 is 15.9 Å². The Bertz CT molecular complexity index is 324. The van der Waals surface area contributed by atoms with E-state index in [1.54, 1.807) is 0 Å². The van der Waals surface area contributed by atoms with E-state index in [2.05, 4.69) is 45.1 Å². The number of aliphatic hydroxyl groups is 1. The Morgan fingerprint density at radius 1 is 1.44 bits per heavy atom. The number of nitrogens with one attached hydrogen (secondary N) is 1. The SMILES string of the molecule is Cc1nc(Br)cc(NC(CO)CC(C)C)n1. The zero-order valence-electron chi connectivity index (χ0n) is 9.87. The number of hydrogen-bond acceptors (Lipinski definition) is 4. The zero-order chi connectivity index (χ0) is 12.1. The molecule has 0 spiro atoms. The van der Waals surface area contributed by atoms with E-state index in [0.29, 0.717) is 11.7 Å². The van der Waals surface area contributed by atoms with Gasteiger partial charge in [-0.3, -0.25) is 0 Å². The lowest BCUT2D eigenvalue weighted by Gasteiger charge is -2.18. The molecular formula is C11H18BrN3O. The number of rotatable bonds is 5. The second kappa shape index (κ2) is 6.15. The molecule has 1 aromatic rings. The van der Waals surface area contributed by atoms with Gasteiger partial charge in [0.2, 0.25) is 0 Å². The minimum Gasteiger partial charge on any atom is -0.394 e. The molecule has 0 fully saturated rings. The van der Waals surface area contributed by atoms with Crippen molar-refractivity contribution in [2.45, 2.75) is 33.2 Å². The maximum atomic E-state index is 9.26. The molecule has 0 aromatic carbocycles. The molecule has 0 saturated carbocycles. The third kappa shape index (κ3) is 4.45. The maximum Gasteiger partial charge on any atom is 0.131 e. The van der Waals surface area contributed by atoms with E-state index in [1.807, 2.05) is 13.0 Å². The molecule has 16 heavy (non-hydrogen) atoms. The molecule has 2 N–H and O–H groups in total. The van der Waals surface area contributed by atoms with Crippen molar-refractivity contribution in [3.05, 3.63) is 16.5 Å². The summed E-state index contributed by atoms with van der Waals surface area (Å²) in [6.07, 6.45) is 0.914. The van der Waals surface area contributed by atoms with Gasteiger partial charge < -0.3 is 10.4 Å². The van der Waals surface area contributed by atoms with Crippen molar-refractivity contribution in [2.75, 3.05) is 11.9 Å². The number of nitrogens with zero attached hydrogens (tertiary/aromatic N) is 2. The fourth-order valence-corrected chi connectivity index (χ4v) is 2.04. The molecule has 1 rings (SSSR count). The summed E-state index contributed by atoms with van der Waals surface area (Å²) in [4.78, 5) is 8.40. The summed E-state index contributed by atoms with van der Waals surface area (Å²) in [6.45, 7) is 6.21. The molecule has 0 aliphatic carbocycles. The number of aromatic nitrogens is 2. The number of anilines is 1. The monoisotopic (exact) mass is 287 g/mol. The summed E-state index contributed by atoms with van der Waals surface area (Å²) >= 11 is 3.32. The molecule has 0 radical (unpaired) electrons. The van der Waals surface area contributed by atoms with Crippen LogP contribution < -0.4 is 5.32 Å². The summed E-state index contributed by atoms with van der Waals surface area (Å²) in [7, 11) is 0. The highest BCUT2D eigenvalue weighted by molar-refractivity contribution is 9.10. The highest BCUT2D eigenvalue weighted by Crippen LogP contribution is 2.15. The molecule has 1 unspecified atom stereocenters. The Morgan fingerprint density at radius 2 is 2.12 bits per heavy atom. The minimum atomic E-state index is 0.0428. The largest absolute Gasteiger partial charge is 0.394 e. The van der Waals surface area contributed by atoms with Crippen LogP contribution in [0.1, 0.15) is 26.1 Å². The Hall–Kier alpha value is -0.680. The lowest BCUT2D eigenvalue weighted by atomic mass is 10.0. The number of aliphatic hydroxyl groups excluding tert-OH is 1. The van der Waals surface area contributed by atoms with Crippen molar-refractivity contribution in [1.29, 1.82) is 0 Å². The predicted molar refractivity (Wildman–Crippen MR) is 68.4 cm³/mol. The molecule has 0 amide bonds. The Balaban J connectivity index is 2.69. The Kier molecular flexibility index (Phi) is 5.15. The number of hydrogen-bond donors (Lipinski definition) is 2. The van der Waals surface area contributed by atoms with Gasteiger partial charge in [0.05, 0.1) is 12.6 Å². The van der Waals surface area contributed by atoms with Crippen LogP contribution in [0.3, 0.4) is 0 Å². The zero-order valence-corrected chi connectivity index (χ0v) is 11.5. The quantitative estimate of drug-likeness (QED) is 0.817. The molecule has 1 atom stereocenters. The van der Waals surface area contributed by atoms with Crippen LogP contribution in [-0.2, 0) is 0 Å². The van der Waals surface area contributed by atoms with Crippen LogP contribution in [0.5, 0.6) is 0 Å². The van der Waals surface area contributed by atoms with Crippen molar-refractivity contribution in [3.63, 3.8) is 0 Å². The molecule has 5 heteroatoms. The van der Waals surface area contributed by atoms with Crippen LogP contribution in [0, 0.1) is 12.8 Å². The third-order valence-electron chi connectivity index (χ3n) is 2.14. The highest BCUT2D eigenvalue weighted by Gasteiger charge is 2.10. The third-order valence-corrected chi connectivity index (χ3v) is 2.54. The maximum absolute atomic E-state index is 9.26. The van der Waals surface area contributed by atoms with Gasteiger partial charge in [-0.15, -0.1) is 0 Å². The molecule has 0 aliphatic heterocycles. The fourth-order valence-electron chi connectivity index (χ4n) is 1.56. The standard InChI is InChI=1S/C11H18BrN3O/c1-7(2)4-9(6-16)15-11-5-10(12)13-8(3)14-11/h5,7,9,16H,4,6H2,1-3H3,(H,13,14,15). The van der Waals surface area contributed by atoms with Gasteiger partial charge in [0.1, 0.15) is 16.2 Å². The molecule has 0 aliphatic rings. The lowest BCUT2D eigenvalue weighted by Crippen LogP contribution is -2.26. The van der Waals surface area contributed by atoms with Crippen molar-refractivity contribution in [3.8, 4) is 0 Å². The van der Waals surface area contributed by atoms with Crippen molar-refractivity contribution in [2.24, 2.45) is 5.92 Å². The van der Waals surface area contributed by atoms with Gasteiger partial charge in [-0.05, 0) is 35.2 Å². The van der Waals surface area contributed by atoms with Gasteiger partial charge in [-0.25, -0.2) is 9.97 Å². The van der Waals surface area contributed by atoms with Crippen molar-refractivity contribution >= 4 is 21.7 Å². The number of halogens is 1. The van der Waals surface area contributed by atoms with Crippen LogP contribution in [0.25, 0.3) is 0 Å². The van der Waals surface area contributed by atoms with E-state index in [4.69, 9.17) is 0 Å². The summed E-state index contributed by atoms with van der Waals surface area (Å²) in [5.41, 5.74) is 0. The topological polar surface area (TPSA) is 58.0 Å². The first kappa shape index (κ1) is 13.4. The van der Waals surface area contributed by atoms with Crippen molar-refractivity contribution < 1.29 is 5.11 Å². The van der Waals surface area contributed by atoms with Gasteiger partial charge in [0, 0.05) is 6.07 Å². The molecule has 90 valence electrons. The van der Waals surface area contributed by atoms with Gasteiger partial charge >= 0.3 is 0 Å². The van der Waals surface area contributed by atoms with E-state index >= 15 is 0 Å². The predicted octanol–water partition coefficient (Wildman–Crippen LogP) is 2.37. The van der Waals surface area contributed by atoms with Gasteiger partial charge in [0.25, 0.3) is 0 Å². The van der Waals surface area contributed by atoms with Gasteiger partial charge in [0.15, 0.2) is 0 Å². The van der Waals surface area contributed by atoms with E-state index in [-0.39, 0.29) is 12.6 Å². The van der Waals surface area contributed by atoms with Crippen LogP contribution in [-0.4, -0.2) is 27.7 Å². The summed E-state index contributed by atoms with van der Waals surface area (Å²) in [5, 5.41) is 12.5. The van der Waals surface area contributed by atoms with Crippen LogP contribution in [0.2, 0.25) is 0 Å². The molecule has 0 bridgehead atoms. The van der Waals surface area contributed by atoms with Crippen molar-refractivity contribution in [1.82, 2.24) is 9.97 Å². The van der Waals surface area contributed by atoms with Crippen LogP contribution in [0.4, 0.5) is 5.82 Å². The first-order chi connectivity index (χ1) is 7.51. The molecule has 0 saturated heterocycles. The Labute approximate surface area is 105 Å². The smallest absolute Gasteiger partial charge is 0.131 e. The molecule has 1 heterocycles. The summed E-state index contributed by atoms with van der Waals surface area (Å²) in [5.74, 6) is 1.99. The lowest BCUT2D eigenvalue weighted by molar-refractivity contribution is 0.259. The number of aryl methyl sites for hydroxylation is 1. The van der Waals surface area contributed by atoms with E-state index in [1.165, 1.54) is 0 Å². The molecule has 1 aromatic heterocycles.